The number of rotatable bonds is 8. The first-order chi connectivity index (χ1) is 17.2. The Hall–Kier alpha value is -2.77. The van der Waals surface area contributed by atoms with Crippen LogP contribution in [-0.4, -0.2) is 41.9 Å². The number of carbonyl (C=O) groups excluding carboxylic acids is 1. The van der Waals surface area contributed by atoms with Gasteiger partial charge in [0, 0.05) is 38.5 Å². The lowest BCUT2D eigenvalue weighted by molar-refractivity contribution is -0.186. The lowest BCUT2D eigenvalue weighted by Crippen LogP contribution is -2.35. The van der Waals surface area contributed by atoms with Crippen LogP contribution in [-0.2, 0) is 16.0 Å². The predicted octanol–water partition coefficient (Wildman–Crippen LogP) is 5.00. The standard InChI is InChI=1S/C28H36N4O3/c1-20-8-9-23-11-10-22(25(23)17-20)6-4-5-21-12-14-32(15-13-21)28-29-18-24(19-30-28)27(33)31-35-26-7-2-3-16-34-26/h8-10,17-19,21,26H,2-7,11-16H2,1H3,(H,31,33). The molecule has 2 aliphatic heterocycles. The molecule has 0 bridgehead atoms. The molecule has 2 saturated heterocycles. The Morgan fingerprint density at radius 1 is 1.17 bits per heavy atom. The number of anilines is 1. The molecular weight excluding hydrogens is 440 g/mol. The second kappa shape index (κ2) is 11.3. The lowest BCUT2D eigenvalue weighted by atomic mass is 9.90. The number of piperidine rings is 1. The Labute approximate surface area is 207 Å². The van der Waals surface area contributed by atoms with Crippen molar-refractivity contribution in [3.63, 3.8) is 0 Å². The second-order valence-corrected chi connectivity index (χ2v) is 10.0. The van der Waals surface area contributed by atoms with E-state index in [1.165, 1.54) is 41.5 Å². The summed E-state index contributed by atoms with van der Waals surface area (Å²) in [4.78, 5) is 28.8. The molecule has 0 radical (unpaired) electrons. The van der Waals surface area contributed by atoms with Crippen LogP contribution in [0, 0.1) is 12.8 Å². The van der Waals surface area contributed by atoms with Gasteiger partial charge in [-0.2, -0.15) is 0 Å². The number of ether oxygens (including phenoxy) is 1. The molecular formula is C28H36N4O3. The van der Waals surface area contributed by atoms with Crippen molar-refractivity contribution in [3.8, 4) is 0 Å². The minimum absolute atomic E-state index is 0.348. The zero-order chi connectivity index (χ0) is 24.0. The molecule has 35 heavy (non-hydrogen) atoms. The summed E-state index contributed by atoms with van der Waals surface area (Å²) in [6.07, 6.45) is 15.2. The molecule has 7 nitrogen and oxygen atoms in total. The van der Waals surface area contributed by atoms with Crippen molar-refractivity contribution in [2.75, 3.05) is 24.6 Å². The summed E-state index contributed by atoms with van der Waals surface area (Å²) in [6, 6.07) is 6.85. The summed E-state index contributed by atoms with van der Waals surface area (Å²) in [5, 5.41) is 0. The van der Waals surface area contributed by atoms with E-state index in [-0.39, 0.29) is 12.2 Å². The van der Waals surface area contributed by atoms with E-state index >= 15 is 0 Å². The van der Waals surface area contributed by atoms with E-state index in [1.54, 1.807) is 12.4 Å². The number of aryl methyl sites for hydroxylation is 1. The van der Waals surface area contributed by atoms with E-state index in [0.29, 0.717) is 18.1 Å². The highest BCUT2D eigenvalue weighted by molar-refractivity contribution is 5.92. The van der Waals surface area contributed by atoms with Crippen LogP contribution >= 0.6 is 0 Å². The van der Waals surface area contributed by atoms with Gasteiger partial charge < -0.3 is 9.64 Å². The van der Waals surface area contributed by atoms with E-state index in [4.69, 9.17) is 9.57 Å². The molecule has 1 aromatic carbocycles. The highest BCUT2D eigenvalue weighted by atomic mass is 16.8. The molecule has 1 atom stereocenters. The predicted molar refractivity (Wildman–Crippen MR) is 136 cm³/mol. The third-order valence-corrected chi connectivity index (χ3v) is 7.46. The Balaban J connectivity index is 1.03. The number of hydrogen-bond donors (Lipinski definition) is 1. The number of hydroxylamine groups is 1. The van der Waals surface area contributed by atoms with Gasteiger partial charge in [0.25, 0.3) is 5.91 Å². The highest BCUT2D eigenvalue weighted by Crippen LogP contribution is 2.33. The number of amides is 1. The molecule has 3 heterocycles. The van der Waals surface area contributed by atoms with Gasteiger partial charge >= 0.3 is 0 Å². The first kappa shape index (κ1) is 23.9. The quantitative estimate of drug-likeness (QED) is 0.541. The summed E-state index contributed by atoms with van der Waals surface area (Å²) in [7, 11) is 0. The van der Waals surface area contributed by atoms with Crippen LogP contribution in [0.1, 0.15) is 78.4 Å². The lowest BCUT2D eigenvalue weighted by Gasteiger charge is -2.32. The fraction of sp³-hybridized carbons (Fsp3) is 0.536. The van der Waals surface area contributed by atoms with E-state index in [2.05, 4.69) is 51.5 Å². The molecule has 0 saturated carbocycles. The average Bonchev–Trinajstić information content (AvgIpc) is 3.30. The van der Waals surface area contributed by atoms with Gasteiger partial charge in [-0.25, -0.2) is 20.3 Å². The SMILES string of the molecule is Cc1ccc2c(c1)C(CCCC1CCN(c3ncc(C(=O)NOC4CCCCO4)cn3)CC1)=CC2. The average molecular weight is 477 g/mol. The Kier molecular flexibility index (Phi) is 7.74. The largest absolute Gasteiger partial charge is 0.350 e. The number of carbonyl (C=O) groups is 1. The van der Waals surface area contributed by atoms with Crippen LogP contribution in [0.2, 0.25) is 0 Å². The molecule has 186 valence electrons. The topological polar surface area (TPSA) is 76.6 Å². The van der Waals surface area contributed by atoms with Crippen LogP contribution in [0.25, 0.3) is 5.57 Å². The fourth-order valence-corrected chi connectivity index (χ4v) is 5.33. The van der Waals surface area contributed by atoms with E-state index in [1.807, 2.05) is 0 Å². The Morgan fingerprint density at radius 3 is 2.77 bits per heavy atom. The van der Waals surface area contributed by atoms with Gasteiger partial charge in [-0.15, -0.1) is 0 Å². The molecule has 1 N–H and O–H groups in total. The number of allylic oxidation sites excluding steroid dienone is 2. The van der Waals surface area contributed by atoms with Gasteiger partial charge in [0.15, 0.2) is 6.29 Å². The second-order valence-electron chi connectivity index (χ2n) is 10.0. The van der Waals surface area contributed by atoms with Crippen molar-refractivity contribution in [3.05, 3.63) is 58.9 Å². The van der Waals surface area contributed by atoms with Crippen LogP contribution in [0.15, 0.2) is 36.7 Å². The molecule has 1 unspecified atom stereocenters. The van der Waals surface area contributed by atoms with Crippen molar-refractivity contribution >= 4 is 17.4 Å². The molecule has 0 spiro atoms. The first-order valence-electron chi connectivity index (χ1n) is 13.1. The summed E-state index contributed by atoms with van der Waals surface area (Å²) >= 11 is 0. The maximum absolute atomic E-state index is 12.3. The van der Waals surface area contributed by atoms with Gasteiger partial charge in [0.2, 0.25) is 5.95 Å². The maximum atomic E-state index is 12.3. The molecule has 1 amide bonds. The van der Waals surface area contributed by atoms with Crippen LogP contribution in [0.5, 0.6) is 0 Å². The number of benzene rings is 1. The monoisotopic (exact) mass is 476 g/mol. The summed E-state index contributed by atoms with van der Waals surface area (Å²) < 4.78 is 5.46. The molecule has 7 heteroatoms. The van der Waals surface area contributed by atoms with Crippen LogP contribution in [0.3, 0.4) is 0 Å². The molecule has 5 rings (SSSR count). The van der Waals surface area contributed by atoms with Crippen molar-refractivity contribution in [1.82, 2.24) is 15.4 Å². The van der Waals surface area contributed by atoms with E-state index in [9.17, 15) is 4.79 Å². The van der Waals surface area contributed by atoms with Crippen LogP contribution in [0.4, 0.5) is 5.95 Å². The minimum atomic E-state index is -0.371. The third-order valence-electron chi connectivity index (χ3n) is 7.46. The number of nitrogens with one attached hydrogen (secondary N) is 1. The van der Waals surface area contributed by atoms with Crippen molar-refractivity contribution in [1.29, 1.82) is 0 Å². The molecule has 2 fully saturated rings. The highest BCUT2D eigenvalue weighted by Gasteiger charge is 2.22. The van der Waals surface area contributed by atoms with Gasteiger partial charge in [-0.1, -0.05) is 29.8 Å². The maximum Gasteiger partial charge on any atom is 0.278 e. The molecule has 1 aromatic heterocycles. The molecule has 1 aliphatic carbocycles. The summed E-state index contributed by atoms with van der Waals surface area (Å²) in [5.41, 5.74) is 8.69. The summed E-state index contributed by atoms with van der Waals surface area (Å²) in [6.45, 7) is 4.77. The Morgan fingerprint density at radius 2 is 2.00 bits per heavy atom. The van der Waals surface area contributed by atoms with Gasteiger partial charge in [-0.3, -0.25) is 4.79 Å². The number of hydrogen-bond acceptors (Lipinski definition) is 6. The molecule has 3 aliphatic rings. The summed E-state index contributed by atoms with van der Waals surface area (Å²) in [5.74, 6) is 1.11. The van der Waals surface area contributed by atoms with Crippen LogP contribution < -0.4 is 10.4 Å². The Bertz CT molecular complexity index is 1040. The molecule has 2 aromatic rings. The van der Waals surface area contributed by atoms with Crippen molar-refractivity contribution < 1.29 is 14.4 Å². The fourth-order valence-electron chi connectivity index (χ4n) is 5.33. The zero-order valence-corrected chi connectivity index (χ0v) is 20.7. The smallest absolute Gasteiger partial charge is 0.278 e. The van der Waals surface area contributed by atoms with Gasteiger partial charge in [0.05, 0.1) is 5.56 Å². The minimum Gasteiger partial charge on any atom is -0.350 e. The number of nitrogens with zero attached hydrogens (tertiary/aromatic N) is 3. The number of fused-ring (bicyclic) bond motifs is 1. The number of aromatic nitrogens is 2. The normalized spacial score (nSPS) is 20.4. The third kappa shape index (κ3) is 6.08. The van der Waals surface area contributed by atoms with E-state index < -0.39 is 0 Å². The van der Waals surface area contributed by atoms with Gasteiger partial charge in [-0.05, 0) is 80.9 Å². The van der Waals surface area contributed by atoms with Crippen molar-refractivity contribution in [2.24, 2.45) is 5.92 Å². The first-order valence-corrected chi connectivity index (χ1v) is 13.1. The van der Waals surface area contributed by atoms with Crippen molar-refractivity contribution in [2.45, 2.75) is 71.0 Å². The zero-order valence-electron chi connectivity index (χ0n) is 20.7. The van der Waals surface area contributed by atoms with Gasteiger partial charge in [0.1, 0.15) is 0 Å². The van der Waals surface area contributed by atoms with E-state index in [0.717, 1.165) is 57.5 Å².